The average Bonchev–Trinajstić information content (AvgIpc) is 2.35. The molecule has 0 aliphatic heterocycles. The maximum atomic E-state index is 5.52. The Labute approximate surface area is 105 Å². The van der Waals surface area contributed by atoms with Crippen LogP contribution in [0.15, 0.2) is 40.5 Å². The molecule has 6 N–H and O–H groups in total. The van der Waals surface area contributed by atoms with E-state index in [1.54, 1.807) is 0 Å². The standard InChI is InChI=1S/C11H17N5O2/c1-2-9(17-8-6-4-3-5-7-8)18-16-11(14)15-10(12)13/h3-7,9H,2H2,1H3,(H6,12,13,14,15,16). The molecular weight excluding hydrogens is 234 g/mol. The molecule has 98 valence electrons. The quantitative estimate of drug-likeness (QED) is 0.301. The molecule has 1 rings (SSSR count). The van der Waals surface area contributed by atoms with Crippen molar-refractivity contribution in [2.75, 3.05) is 0 Å². The highest BCUT2D eigenvalue weighted by molar-refractivity contribution is 5.92. The lowest BCUT2D eigenvalue weighted by atomic mass is 10.3. The van der Waals surface area contributed by atoms with E-state index in [1.165, 1.54) is 0 Å². The van der Waals surface area contributed by atoms with Gasteiger partial charge >= 0.3 is 0 Å². The number of nitrogens with zero attached hydrogens (tertiary/aromatic N) is 2. The van der Waals surface area contributed by atoms with Crippen molar-refractivity contribution in [3.05, 3.63) is 30.3 Å². The molecule has 7 heteroatoms. The summed E-state index contributed by atoms with van der Waals surface area (Å²) in [5.41, 5.74) is 15.7. The predicted molar refractivity (Wildman–Crippen MR) is 69.7 cm³/mol. The maximum Gasteiger partial charge on any atom is 0.265 e. The zero-order valence-electron chi connectivity index (χ0n) is 10.1. The van der Waals surface area contributed by atoms with Gasteiger partial charge in [0, 0.05) is 6.42 Å². The van der Waals surface area contributed by atoms with Crippen molar-refractivity contribution in [1.82, 2.24) is 0 Å². The van der Waals surface area contributed by atoms with E-state index in [9.17, 15) is 0 Å². The largest absolute Gasteiger partial charge is 0.453 e. The van der Waals surface area contributed by atoms with Crippen LogP contribution in [0.25, 0.3) is 0 Å². The molecule has 1 aromatic rings. The number of oxime groups is 1. The van der Waals surface area contributed by atoms with Gasteiger partial charge in [-0.15, -0.1) is 0 Å². The Kier molecular flexibility index (Phi) is 5.30. The van der Waals surface area contributed by atoms with Gasteiger partial charge in [-0.25, -0.2) is 0 Å². The van der Waals surface area contributed by atoms with Crippen molar-refractivity contribution in [3.63, 3.8) is 0 Å². The highest BCUT2D eigenvalue weighted by Crippen LogP contribution is 2.13. The third-order valence-corrected chi connectivity index (χ3v) is 1.85. The fraction of sp³-hybridized carbons (Fsp3) is 0.273. The lowest BCUT2D eigenvalue weighted by molar-refractivity contribution is -0.0805. The van der Waals surface area contributed by atoms with Crippen LogP contribution in [-0.4, -0.2) is 18.2 Å². The van der Waals surface area contributed by atoms with Crippen molar-refractivity contribution in [3.8, 4) is 5.75 Å². The van der Waals surface area contributed by atoms with Crippen LogP contribution in [0.5, 0.6) is 5.75 Å². The van der Waals surface area contributed by atoms with E-state index in [1.807, 2.05) is 37.3 Å². The van der Waals surface area contributed by atoms with Gasteiger partial charge < -0.3 is 26.8 Å². The Hall–Kier alpha value is -2.44. The molecule has 0 bridgehead atoms. The normalized spacial score (nSPS) is 12.6. The summed E-state index contributed by atoms with van der Waals surface area (Å²) in [5.74, 6) is 0.335. The first-order chi connectivity index (χ1) is 8.61. The minimum absolute atomic E-state index is 0.162. The second-order valence-electron chi connectivity index (χ2n) is 3.36. The van der Waals surface area contributed by atoms with Gasteiger partial charge in [0.2, 0.25) is 0 Å². The van der Waals surface area contributed by atoms with Crippen molar-refractivity contribution in [2.24, 2.45) is 27.3 Å². The number of ether oxygens (including phenoxy) is 1. The van der Waals surface area contributed by atoms with Gasteiger partial charge in [-0.1, -0.05) is 25.1 Å². The molecule has 0 heterocycles. The fourth-order valence-corrected chi connectivity index (χ4v) is 1.10. The summed E-state index contributed by atoms with van der Waals surface area (Å²) >= 11 is 0. The number of aliphatic imine (C=N–C) groups is 1. The molecule has 0 radical (unpaired) electrons. The lowest BCUT2D eigenvalue weighted by Crippen LogP contribution is -2.27. The topological polar surface area (TPSA) is 121 Å². The van der Waals surface area contributed by atoms with Crippen molar-refractivity contribution in [1.29, 1.82) is 0 Å². The number of guanidine groups is 2. The summed E-state index contributed by atoms with van der Waals surface area (Å²) in [6, 6.07) is 9.24. The van der Waals surface area contributed by atoms with E-state index < -0.39 is 6.29 Å². The van der Waals surface area contributed by atoms with E-state index in [0.717, 1.165) is 0 Å². The second kappa shape index (κ2) is 7.00. The van der Waals surface area contributed by atoms with E-state index in [4.69, 9.17) is 26.8 Å². The molecular formula is C11H17N5O2. The average molecular weight is 251 g/mol. The molecule has 0 amide bonds. The molecule has 0 saturated heterocycles. The molecule has 0 spiro atoms. The predicted octanol–water partition coefficient (Wildman–Crippen LogP) is 0.321. The third kappa shape index (κ3) is 5.06. The zero-order chi connectivity index (χ0) is 13.4. The zero-order valence-corrected chi connectivity index (χ0v) is 10.1. The molecule has 0 aromatic heterocycles. The van der Waals surface area contributed by atoms with Crippen LogP contribution in [0.1, 0.15) is 13.3 Å². The van der Waals surface area contributed by atoms with Crippen LogP contribution >= 0.6 is 0 Å². The first-order valence-electron chi connectivity index (χ1n) is 5.42. The molecule has 0 aliphatic rings. The van der Waals surface area contributed by atoms with E-state index in [2.05, 4.69) is 10.1 Å². The Bertz CT molecular complexity index is 415. The van der Waals surface area contributed by atoms with Gasteiger partial charge in [-0.05, 0) is 17.3 Å². The van der Waals surface area contributed by atoms with Gasteiger partial charge in [0.1, 0.15) is 5.75 Å². The van der Waals surface area contributed by atoms with Crippen LogP contribution in [0.2, 0.25) is 0 Å². The Morgan fingerprint density at radius 1 is 1.22 bits per heavy atom. The van der Waals surface area contributed by atoms with Gasteiger partial charge in [0.05, 0.1) is 0 Å². The number of hydrogen-bond donors (Lipinski definition) is 3. The summed E-state index contributed by atoms with van der Waals surface area (Å²) in [6.07, 6.45) is 0.0354. The first-order valence-corrected chi connectivity index (χ1v) is 5.42. The second-order valence-corrected chi connectivity index (χ2v) is 3.36. The number of benzene rings is 1. The van der Waals surface area contributed by atoms with Gasteiger partial charge in [0.25, 0.3) is 12.2 Å². The molecule has 1 unspecified atom stereocenters. The molecule has 7 nitrogen and oxygen atoms in total. The minimum atomic E-state index is -0.555. The highest BCUT2D eigenvalue weighted by atomic mass is 16.8. The Morgan fingerprint density at radius 2 is 1.89 bits per heavy atom. The third-order valence-electron chi connectivity index (χ3n) is 1.85. The van der Waals surface area contributed by atoms with Gasteiger partial charge in [0.15, 0.2) is 5.96 Å². The van der Waals surface area contributed by atoms with Gasteiger partial charge in [-0.2, -0.15) is 4.99 Å². The highest BCUT2D eigenvalue weighted by Gasteiger charge is 2.08. The minimum Gasteiger partial charge on any atom is -0.453 e. The van der Waals surface area contributed by atoms with Crippen molar-refractivity contribution < 1.29 is 9.57 Å². The van der Waals surface area contributed by atoms with Crippen LogP contribution < -0.4 is 21.9 Å². The van der Waals surface area contributed by atoms with E-state index in [0.29, 0.717) is 12.2 Å². The van der Waals surface area contributed by atoms with Crippen LogP contribution in [0, 0.1) is 0 Å². The van der Waals surface area contributed by atoms with E-state index >= 15 is 0 Å². The fourth-order valence-electron chi connectivity index (χ4n) is 1.10. The molecule has 0 saturated carbocycles. The summed E-state index contributed by atoms with van der Waals surface area (Å²) < 4.78 is 5.52. The number of hydrogen-bond acceptors (Lipinski definition) is 3. The number of rotatable bonds is 5. The Balaban J connectivity index is 2.55. The van der Waals surface area contributed by atoms with Crippen LogP contribution in [-0.2, 0) is 4.84 Å². The number of para-hydroxylation sites is 1. The van der Waals surface area contributed by atoms with Crippen LogP contribution in [0.3, 0.4) is 0 Å². The smallest absolute Gasteiger partial charge is 0.265 e. The molecule has 18 heavy (non-hydrogen) atoms. The SMILES string of the molecule is CCC(ON=C(N)N=C(N)N)Oc1ccccc1. The number of nitrogens with two attached hydrogens (primary N) is 3. The van der Waals surface area contributed by atoms with E-state index in [-0.39, 0.29) is 11.9 Å². The maximum absolute atomic E-state index is 5.52. The summed E-state index contributed by atoms with van der Waals surface area (Å²) in [4.78, 5) is 8.59. The van der Waals surface area contributed by atoms with Crippen molar-refractivity contribution >= 4 is 11.9 Å². The van der Waals surface area contributed by atoms with Gasteiger partial charge in [-0.3, -0.25) is 0 Å². The summed E-state index contributed by atoms with van der Waals surface area (Å²) in [7, 11) is 0. The molecule has 0 aliphatic carbocycles. The summed E-state index contributed by atoms with van der Waals surface area (Å²) in [6.45, 7) is 1.89. The summed E-state index contributed by atoms with van der Waals surface area (Å²) in [5, 5.41) is 3.55. The molecule has 1 aromatic carbocycles. The lowest BCUT2D eigenvalue weighted by Gasteiger charge is -2.14. The van der Waals surface area contributed by atoms with Crippen molar-refractivity contribution in [2.45, 2.75) is 19.6 Å². The Morgan fingerprint density at radius 3 is 2.44 bits per heavy atom. The van der Waals surface area contributed by atoms with Crippen LogP contribution in [0.4, 0.5) is 0 Å². The monoisotopic (exact) mass is 251 g/mol. The molecule has 0 fully saturated rings. The first kappa shape index (κ1) is 13.6. The molecule has 1 atom stereocenters.